The molecule has 0 bridgehead atoms. The summed E-state index contributed by atoms with van der Waals surface area (Å²) in [4.78, 5) is 2.47. The van der Waals surface area contributed by atoms with E-state index in [4.69, 9.17) is 0 Å². The third-order valence-electron chi connectivity index (χ3n) is 4.30. The highest BCUT2D eigenvalue weighted by Gasteiger charge is 2.27. The van der Waals surface area contributed by atoms with Gasteiger partial charge in [0.2, 0.25) is 10.0 Å². The molecule has 2 rings (SSSR count). The Morgan fingerprint density at radius 2 is 2.19 bits per heavy atom. The minimum Gasteiger partial charge on any atom is -0.390 e. The van der Waals surface area contributed by atoms with E-state index in [0.717, 1.165) is 19.4 Å². The maximum atomic E-state index is 12.5. The Balaban J connectivity index is 2.13. The van der Waals surface area contributed by atoms with Crippen LogP contribution in [0.1, 0.15) is 32.4 Å². The van der Waals surface area contributed by atoms with E-state index in [0.29, 0.717) is 18.3 Å². The topological polar surface area (TPSA) is 74.6 Å². The lowest BCUT2D eigenvalue weighted by molar-refractivity contribution is 0.178. The number of sulfonamides is 1. The van der Waals surface area contributed by atoms with Crippen molar-refractivity contribution in [2.75, 3.05) is 13.6 Å². The van der Waals surface area contributed by atoms with E-state index in [1.807, 2.05) is 6.92 Å². The molecule has 0 aliphatic carbocycles. The van der Waals surface area contributed by atoms with Crippen LogP contribution in [0.3, 0.4) is 0 Å². The van der Waals surface area contributed by atoms with Gasteiger partial charge in [0.05, 0.1) is 11.5 Å². The molecule has 21 heavy (non-hydrogen) atoms. The molecule has 7 heteroatoms. The van der Waals surface area contributed by atoms with Crippen molar-refractivity contribution in [3.63, 3.8) is 0 Å². The van der Waals surface area contributed by atoms with Gasteiger partial charge < -0.3 is 14.6 Å². The molecule has 1 aliphatic heterocycles. The normalized spacial score (nSPS) is 24.4. The molecule has 0 spiro atoms. The molecule has 2 heterocycles. The van der Waals surface area contributed by atoms with Gasteiger partial charge in [0.25, 0.3) is 0 Å². The lowest BCUT2D eigenvalue weighted by atomic mass is 10.0. The van der Waals surface area contributed by atoms with E-state index in [1.165, 1.54) is 0 Å². The van der Waals surface area contributed by atoms with Crippen LogP contribution < -0.4 is 4.72 Å². The molecule has 1 aromatic rings. The summed E-state index contributed by atoms with van der Waals surface area (Å²) in [7, 11) is -1.46. The fraction of sp³-hybridized carbons (Fsp3) is 0.714. The average molecular weight is 315 g/mol. The van der Waals surface area contributed by atoms with Gasteiger partial charge in [0.1, 0.15) is 0 Å². The summed E-state index contributed by atoms with van der Waals surface area (Å²) in [5.41, 5.74) is 0.620. The molecule has 120 valence electrons. The van der Waals surface area contributed by atoms with Crippen molar-refractivity contribution in [1.29, 1.82) is 0 Å². The minimum absolute atomic E-state index is 0.0243. The molecule has 1 fully saturated rings. The molecule has 6 nitrogen and oxygen atoms in total. The van der Waals surface area contributed by atoms with Gasteiger partial charge in [0, 0.05) is 30.5 Å². The molecule has 0 radical (unpaired) electrons. The van der Waals surface area contributed by atoms with Crippen LogP contribution in [0.5, 0.6) is 0 Å². The first-order valence-electron chi connectivity index (χ1n) is 7.39. The van der Waals surface area contributed by atoms with Gasteiger partial charge in [-0.1, -0.05) is 0 Å². The molecule has 2 unspecified atom stereocenters. The Labute approximate surface area is 126 Å². The Hall–Kier alpha value is -0.890. The smallest absolute Gasteiger partial charge is 0.242 e. The molecule has 0 amide bonds. The quantitative estimate of drug-likeness (QED) is 0.841. The van der Waals surface area contributed by atoms with Gasteiger partial charge in [-0.3, -0.25) is 0 Å². The molecule has 0 saturated carbocycles. The number of aryl methyl sites for hydroxylation is 1. The molecule has 0 aromatic carbocycles. The number of piperidine rings is 1. The summed E-state index contributed by atoms with van der Waals surface area (Å²) in [6.45, 7) is 5.40. The van der Waals surface area contributed by atoms with Crippen molar-refractivity contribution in [3.8, 4) is 0 Å². The third kappa shape index (κ3) is 3.66. The Bertz CT molecular complexity index is 561. The molecular weight excluding hydrogens is 290 g/mol. The highest BCUT2D eigenvalue weighted by molar-refractivity contribution is 7.89. The highest BCUT2D eigenvalue weighted by atomic mass is 32.2. The van der Waals surface area contributed by atoms with Crippen molar-refractivity contribution in [1.82, 2.24) is 14.2 Å². The zero-order valence-electron chi connectivity index (χ0n) is 12.9. The highest BCUT2D eigenvalue weighted by Crippen LogP contribution is 2.20. The average Bonchev–Trinajstić information content (AvgIpc) is 2.86. The van der Waals surface area contributed by atoms with Gasteiger partial charge in [-0.25, -0.2) is 13.1 Å². The van der Waals surface area contributed by atoms with E-state index in [1.54, 1.807) is 16.8 Å². The second-order valence-corrected chi connectivity index (χ2v) is 7.50. The number of hydrogen-bond donors (Lipinski definition) is 2. The van der Waals surface area contributed by atoms with Crippen LogP contribution in [-0.2, 0) is 23.2 Å². The number of aliphatic hydroxyl groups is 1. The zero-order chi connectivity index (χ0) is 15.6. The predicted octanol–water partition coefficient (Wildman–Crippen LogP) is 0.761. The van der Waals surface area contributed by atoms with Gasteiger partial charge in [0.15, 0.2) is 0 Å². The summed E-state index contributed by atoms with van der Waals surface area (Å²) in [6.07, 6.45) is 3.23. The number of rotatable bonds is 5. The third-order valence-corrected chi connectivity index (χ3v) is 5.79. The van der Waals surface area contributed by atoms with E-state index < -0.39 is 10.0 Å². The van der Waals surface area contributed by atoms with Crippen LogP contribution in [0.2, 0.25) is 0 Å². The monoisotopic (exact) mass is 315 g/mol. The summed E-state index contributed by atoms with van der Waals surface area (Å²) in [6, 6.07) is 1.90. The van der Waals surface area contributed by atoms with Crippen LogP contribution in [0.4, 0.5) is 0 Å². The molecule has 1 saturated heterocycles. The first-order chi connectivity index (χ1) is 9.87. The maximum absolute atomic E-state index is 12.5. The lowest BCUT2D eigenvalue weighted by Crippen LogP contribution is -2.47. The number of nitrogens with one attached hydrogen (secondary N) is 1. The van der Waals surface area contributed by atoms with Crippen molar-refractivity contribution in [2.45, 2.75) is 56.8 Å². The fourth-order valence-corrected chi connectivity index (χ4v) is 4.13. The van der Waals surface area contributed by atoms with E-state index in [9.17, 15) is 13.5 Å². The van der Waals surface area contributed by atoms with Gasteiger partial charge in [-0.05, 0) is 46.3 Å². The zero-order valence-corrected chi connectivity index (χ0v) is 13.7. The number of hydrogen-bond acceptors (Lipinski definition) is 4. The van der Waals surface area contributed by atoms with E-state index in [2.05, 4.69) is 23.6 Å². The van der Waals surface area contributed by atoms with Crippen LogP contribution in [0.15, 0.2) is 17.2 Å². The Morgan fingerprint density at radius 3 is 2.71 bits per heavy atom. The molecule has 2 atom stereocenters. The van der Waals surface area contributed by atoms with Crippen molar-refractivity contribution in [3.05, 3.63) is 18.0 Å². The lowest BCUT2D eigenvalue weighted by Gasteiger charge is -2.35. The van der Waals surface area contributed by atoms with Gasteiger partial charge >= 0.3 is 0 Å². The largest absolute Gasteiger partial charge is 0.390 e. The Morgan fingerprint density at radius 1 is 1.48 bits per heavy atom. The summed E-state index contributed by atoms with van der Waals surface area (Å²) >= 11 is 0. The second-order valence-electron chi connectivity index (χ2n) is 5.78. The first kappa shape index (κ1) is 16.5. The SMILES string of the molecule is CCn1cc(S(=O)(=O)NC2CCN(C)C(C)C2)cc1CO. The fourth-order valence-electron chi connectivity index (χ4n) is 2.78. The van der Waals surface area contributed by atoms with Crippen molar-refractivity contribution >= 4 is 10.0 Å². The number of likely N-dealkylation sites (tertiary alicyclic amines) is 1. The number of aromatic nitrogens is 1. The van der Waals surface area contributed by atoms with Gasteiger partial charge in [-0.15, -0.1) is 0 Å². The molecule has 1 aromatic heterocycles. The predicted molar refractivity (Wildman–Crippen MR) is 81.5 cm³/mol. The maximum Gasteiger partial charge on any atom is 0.242 e. The first-order valence-corrected chi connectivity index (χ1v) is 8.88. The molecule has 2 N–H and O–H groups in total. The molecular formula is C14H25N3O3S. The van der Waals surface area contributed by atoms with E-state index in [-0.39, 0.29) is 17.5 Å². The van der Waals surface area contributed by atoms with Crippen LogP contribution in [-0.4, -0.2) is 48.7 Å². The van der Waals surface area contributed by atoms with Crippen LogP contribution in [0.25, 0.3) is 0 Å². The summed E-state index contributed by atoms with van der Waals surface area (Å²) < 4.78 is 29.5. The van der Waals surface area contributed by atoms with Gasteiger partial charge in [-0.2, -0.15) is 0 Å². The number of nitrogens with zero attached hydrogens (tertiary/aromatic N) is 2. The minimum atomic E-state index is -3.52. The second kappa shape index (κ2) is 6.48. The standard InChI is InChI=1S/C14H25N3O3S/c1-4-17-9-14(8-13(17)10-18)21(19,20)15-12-5-6-16(3)11(2)7-12/h8-9,11-12,15,18H,4-7,10H2,1-3H3. The number of aliphatic hydroxyl groups excluding tert-OH is 1. The Kier molecular flexibility index (Phi) is 5.08. The molecule has 1 aliphatic rings. The van der Waals surface area contributed by atoms with E-state index >= 15 is 0 Å². The van der Waals surface area contributed by atoms with Crippen molar-refractivity contribution < 1.29 is 13.5 Å². The summed E-state index contributed by atoms with van der Waals surface area (Å²) in [5, 5.41) is 9.27. The van der Waals surface area contributed by atoms with Crippen LogP contribution in [0, 0.1) is 0 Å². The van der Waals surface area contributed by atoms with Crippen molar-refractivity contribution in [2.24, 2.45) is 0 Å². The summed E-state index contributed by atoms with van der Waals surface area (Å²) in [5.74, 6) is 0. The van der Waals surface area contributed by atoms with Crippen LogP contribution >= 0.6 is 0 Å².